The molecular weight excluding hydrogens is 356 g/mol. The Labute approximate surface area is 169 Å². The van der Waals surface area contributed by atoms with Crippen molar-refractivity contribution in [3.63, 3.8) is 0 Å². The maximum absolute atomic E-state index is 9.21. The number of para-hydroxylation sites is 2. The van der Waals surface area contributed by atoms with Crippen LogP contribution in [-0.4, -0.2) is 0 Å². The third kappa shape index (κ3) is 3.86. The molecule has 0 bridgehead atoms. The highest BCUT2D eigenvalue weighted by atomic mass is 16.5. The fraction of sp³-hybridized carbons (Fsp3) is 0. The zero-order chi connectivity index (χ0) is 20.1. The first kappa shape index (κ1) is 18.0. The van der Waals surface area contributed by atoms with Gasteiger partial charge < -0.3 is 4.74 Å². The van der Waals surface area contributed by atoms with Gasteiger partial charge in [-0.2, -0.15) is 10.5 Å². The summed E-state index contributed by atoms with van der Waals surface area (Å²) in [6.45, 7) is 0. The second-order valence-electron chi connectivity index (χ2n) is 6.48. The Kier molecular flexibility index (Phi) is 5.06. The largest absolute Gasteiger partial charge is 0.456 e. The summed E-state index contributed by atoms with van der Waals surface area (Å²) >= 11 is 0. The Morgan fingerprint density at radius 1 is 0.517 bits per heavy atom. The quantitative estimate of drug-likeness (QED) is 0.408. The minimum Gasteiger partial charge on any atom is -0.456 e. The van der Waals surface area contributed by atoms with Gasteiger partial charge in [0.05, 0.1) is 23.3 Å². The smallest absolute Gasteiger partial charge is 0.135 e. The first-order chi connectivity index (χ1) is 14.3. The third-order valence-corrected chi connectivity index (χ3v) is 4.60. The molecule has 0 aliphatic carbocycles. The fourth-order valence-corrected chi connectivity index (χ4v) is 3.22. The first-order valence-corrected chi connectivity index (χ1v) is 9.15. The number of ether oxygens (including phenoxy) is 1. The molecule has 3 nitrogen and oxygen atoms in total. The zero-order valence-electron chi connectivity index (χ0n) is 15.5. The molecule has 0 fully saturated rings. The van der Waals surface area contributed by atoms with Gasteiger partial charge in [0, 0.05) is 11.1 Å². The maximum Gasteiger partial charge on any atom is 0.135 e. The molecule has 0 radical (unpaired) electrons. The monoisotopic (exact) mass is 372 g/mol. The number of hydrogen-bond donors (Lipinski definition) is 0. The van der Waals surface area contributed by atoms with Gasteiger partial charge in [-0.3, -0.25) is 0 Å². The molecule has 0 spiro atoms. The molecule has 0 amide bonds. The first-order valence-electron chi connectivity index (χ1n) is 9.15. The van der Waals surface area contributed by atoms with Crippen LogP contribution in [0.1, 0.15) is 11.1 Å². The van der Waals surface area contributed by atoms with Gasteiger partial charge in [-0.25, -0.2) is 0 Å². The van der Waals surface area contributed by atoms with Crippen molar-refractivity contribution in [2.75, 3.05) is 0 Å². The lowest BCUT2D eigenvalue weighted by Gasteiger charge is -2.15. The highest BCUT2D eigenvalue weighted by Gasteiger charge is 2.11. The average Bonchev–Trinajstić information content (AvgIpc) is 2.80. The van der Waals surface area contributed by atoms with Crippen molar-refractivity contribution in [3.8, 4) is 45.9 Å². The summed E-state index contributed by atoms with van der Waals surface area (Å²) in [5.41, 5.74) is 4.86. The van der Waals surface area contributed by atoms with Gasteiger partial charge in [0.2, 0.25) is 0 Å². The van der Waals surface area contributed by atoms with E-state index < -0.39 is 0 Å². The van der Waals surface area contributed by atoms with Crippen molar-refractivity contribution in [1.29, 1.82) is 10.5 Å². The van der Waals surface area contributed by atoms with Gasteiger partial charge >= 0.3 is 0 Å². The SMILES string of the molecule is N#Cc1cccc(-c2ccccc2Oc2ccccc2-c2cccc(C#N)c2)c1. The Balaban J connectivity index is 1.77. The number of hydrogen-bond acceptors (Lipinski definition) is 3. The topological polar surface area (TPSA) is 56.8 Å². The second kappa shape index (κ2) is 8.13. The maximum atomic E-state index is 9.21. The van der Waals surface area contributed by atoms with E-state index in [0.717, 1.165) is 22.3 Å². The molecule has 4 rings (SSSR count). The summed E-state index contributed by atoms with van der Waals surface area (Å²) < 4.78 is 6.33. The molecule has 0 heterocycles. The van der Waals surface area contributed by atoms with Crippen LogP contribution >= 0.6 is 0 Å². The van der Waals surface area contributed by atoms with E-state index in [1.165, 1.54) is 0 Å². The number of nitriles is 2. The fourth-order valence-electron chi connectivity index (χ4n) is 3.22. The van der Waals surface area contributed by atoms with Crippen molar-refractivity contribution >= 4 is 0 Å². The molecule has 136 valence electrons. The van der Waals surface area contributed by atoms with Gasteiger partial charge in [-0.15, -0.1) is 0 Å². The van der Waals surface area contributed by atoms with E-state index >= 15 is 0 Å². The molecule has 0 saturated heterocycles. The molecular formula is C26H16N2O. The Bertz CT molecular complexity index is 1160. The minimum atomic E-state index is 0.603. The highest BCUT2D eigenvalue weighted by Crippen LogP contribution is 2.38. The summed E-state index contributed by atoms with van der Waals surface area (Å²) in [6, 6.07) is 34.8. The molecule has 3 heteroatoms. The van der Waals surface area contributed by atoms with Crippen LogP contribution in [0.5, 0.6) is 11.5 Å². The van der Waals surface area contributed by atoms with Gasteiger partial charge in [-0.1, -0.05) is 60.7 Å². The standard InChI is InChI=1S/C26H16N2O/c27-17-19-7-5-9-21(15-19)23-11-1-3-13-25(23)29-26-14-4-2-12-24(26)22-10-6-8-20(16-22)18-28/h1-16H. The van der Waals surface area contributed by atoms with Crippen molar-refractivity contribution in [2.24, 2.45) is 0 Å². The number of benzene rings is 4. The van der Waals surface area contributed by atoms with Crippen molar-refractivity contribution < 1.29 is 4.74 Å². The normalized spacial score (nSPS) is 10.0. The van der Waals surface area contributed by atoms with Crippen LogP contribution in [0, 0.1) is 22.7 Å². The zero-order valence-corrected chi connectivity index (χ0v) is 15.5. The average molecular weight is 372 g/mol. The molecule has 0 unspecified atom stereocenters. The lowest BCUT2D eigenvalue weighted by atomic mass is 10.0. The van der Waals surface area contributed by atoms with Crippen LogP contribution in [0.2, 0.25) is 0 Å². The van der Waals surface area contributed by atoms with E-state index in [1.54, 1.807) is 12.1 Å². The highest BCUT2D eigenvalue weighted by molar-refractivity contribution is 5.75. The lowest BCUT2D eigenvalue weighted by Crippen LogP contribution is -1.91. The van der Waals surface area contributed by atoms with E-state index in [-0.39, 0.29) is 0 Å². The van der Waals surface area contributed by atoms with E-state index in [2.05, 4.69) is 12.1 Å². The molecule has 0 aliphatic heterocycles. The van der Waals surface area contributed by atoms with Crippen LogP contribution in [-0.2, 0) is 0 Å². The lowest BCUT2D eigenvalue weighted by molar-refractivity contribution is 0.486. The molecule has 29 heavy (non-hydrogen) atoms. The van der Waals surface area contributed by atoms with Gasteiger partial charge in [0.25, 0.3) is 0 Å². The van der Waals surface area contributed by atoms with Crippen molar-refractivity contribution in [2.45, 2.75) is 0 Å². The van der Waals surface area contributed by atoms with Crippen LogP contribution in [0.3, 0.4) is 0 Å². The molecule has 0 atom stereocenters. The summed E-state index contributed by atoms with van der Waals surface area (Å²) in [7, 11) is 0. The summed E-state index contributed by atoms with van der Waals surface area (Å²) in [4.78, 5) is 0. The Morgan fingerprint density at radius 3 is 1.41 bits per heavy atom. The predicted octanol–water partition coefficient (Wildman–Crippen LogP) is 6.56. The van der Waals surface area contributed by atoms with E-state index in [9.17, 15) is 10.5 Å². The summed E-state index contributed by atoms with van der Waals surface area (Å²) in [5, 5.41) is 18.4. The van der Waals surface area contributed by atoms with Gasteiger partial charge in [0.15, 0.2) is 0 Å². The van der Waals surface area contributed by atoms with E-state index in [4.69, 9.17) is 4.74 Å². The van der Waals surface area contributed by atoms with Gasteiger partial charge in [-0.05, 0) is 47.5 Å². The number of rotatable bonds is 4. The third-order valence-electron chi connectivity index (χ3n) is 4.60. The van der Waals surface area contributed by atoms with Crippen molar-refractivity contribution in [3.05, 3.63) is 108 Å². The molecule has 4 aromatic rings. The Morgan fingerprint density at radius 2 is 0.966 bits per heavy atom. The second-order valence-corrected chi connectivity index (χ2v) is 6.48. The molecule has 0 N–H and O–H groups in total. The van der Waals surface area contributed by atoms with Crippen molar-refractivity contribution in [1.82, 2.24) is 0 Å². The van der Waals surface area contributed by atoms with Crippen LogP contribution in [0.25, 0.3) is 22.3 Å². The van der Waals surface area contributed by atoms with Crippen LogP contribution in [0.4, 0.5) is 0 Å². The van der Waals surface area contributed by atoms with Crippen LogP contribution < -0.4 is 4.74 Å². The molecule has 0 aliphatic rings. The molecule has 0 aromatic heterocycles. The predicted molar refractivity (Wildman–Crippen MR) is 113 cm³/mol. The van der Waals surface area contributed by atoms with E-state index in [0.29, 0.717) is 22.6 Å². The summed E-state index contributed by atoms with van der Waals surface area (Å²) in [5.74, 6) is 1.40. The van der Waals surface area contributed by atoms with Crippen LogP contribution in [0.15, 0.2) is 97.1 Å². The molecule has 4 aromatic carbocycles. The number of nitrogens with zero attached hydrogens (tertiary/aromatic N) is 2. The van der Waals surface area contributed by atoms with E-state index in [1.807, 2.05) is 84.9 Å². The Hall–Kier alpha value is -4.34. The minimum absolute atomic E-state index is 0.603. The molecule has 0 saturated carbocycles. The van der Waals surface area contributed by atoms with Gasteiger partial charge in [0.1, 0.15) is 11.5 Å². The summed E-state index contributed by atoms with van der Waals surface area (Å²) in [6.07, 6.45) is 0.